The third-order valence-electron chi connectivity index (χ3n) is 1.78. The summed E-state index contributed by atoms with van der Waals surface area (Å²) in [7, 11) is 0. The summed E-state index contributed by atoms with van der Waals surface area (Å²) in [5.41, 5.74) is 0.703. The fourth-order valence-electron chi connectivity index (χ4n) is 1.06. The van der Waals surface area contributed by atoms with Crippen molar-refractivity contribution in [1.29, 1.82) is 0 Å². The van der Waals surface area contributed by atoms with Crippen molar-refractivity contribution in [2.24, 2.45) is 0 Å². The molecular weight excluding hydrogens is 331 g/mol. The van der Waals surface area contributed by atoms with E-state index in [1.54, 1.807) is 13.0 Å². The fourth-order valence-corrected chi connectivity index (χ4v) is 2.04. The first-order valence-corrected chi connectivity index (χ1v) is 6.22. The van der Waals surface area contributed by atoms with Crippen molar-refractivity contribution < 1.29 is 13.9 Å². The molecule has 0 N–H and O–H groups in total. The molecule has 0 saturated heterocycles. The van der Waals surface area contributed by atoms with Crippen LogP contribution in [0, 0.1) is 5.82 Å². The predicted octanol–water partition coefficient (Wildman–Crippen LogP) is 3.66. The number of carbonyl (C=O) groups excluding carboxylic acids is 1. The lowest BCUT2D eigenvalue weighted by molar-refractivity contribution is 0.0524. The maximum Gasteiger partial charge on any atom is 0.339 e. The molecule has 15 heavy (non-hydrogen) atoms. The first-order valence-electron chi connectivity index (χ1n) is 4.31. The standard InChI is InChI=1S/C10H9Br2FO2/c1-2-15-10(14)7-4-9(13)6(5-11)3-8(7)12/h3-4H,2,5H2,1H3. The van der Waals surface area contributed by atoms with Crippen LogP contribution in [0.4, 0.5) is 4.39 Å². The minimum atomic E-state index is -0.524. The van der Waals surface area contributed by atoms with Gasteiger partial charge in [-0.05, 0) is 40.5 Å². The van der Waals surface area contributed by atoms with Crippen molar-refractivity contribution in [1.82, 2.24) is 0 Å². The highest BCUT2D eigenvalue weighted by Crippen LogP contribution is 2.23. The third kappa shape index (κ3) is 3.01. The highest BCUT2D eigenvalue weighted by molar-refractivity contribution is 9.10. The van der Waals surface area contributed by atoms with E-state index >= 15 is 0 Å². The highest BCUT2D eigenvalue weighted by atomic mass is 79.9. The average molecular weight is 340 g/mol. The minimum absolute atomic E-state index is 0.207. The zero-order valence-electron chi connectivity index (χ0n) is 8.02. The molecule has 1 aromatic carbocycles. The van der Waals surface area contributed by atoms with Crippen molar-refractivity contribution in [2.45, 2.75) is 12.3 Å². The van der Waals surface area contributed by atoms with Crippen LogP contribution >= 0.6 is 31.9 Å². The van der Waals surface area contributed by atoms with E-state index in [1.165, 1.54) is 6.07 Å². The van der Waals surface area contributed by atoms with E-state index in [-0.39, 0.29) is 12.2 Å². The number of alkyl halides is 1. The van der Waals surface area contributed by atoms with Crippen molar-refractivity contribution in [3.8, 4) is 0 Å². The van der Waals surface area contributed by atoms with Crippen molar-refractivity contribution in [2.75, 3.05) is 6.61 Å². The zero-order valence-corrected chi connectivity index (χ0v) is 11.2. The summed E-state index contributed by atoms with van der Waals surface area (Å²) in [6, 6.07) is 2.75. The van der Waals surface area contributed by atoms with Crippen molar-refractivity contribution >= 4 is 37.8 Å². The zero-order chi connectivity index (χ0) is 11.4. The number of hydrogen-bond acceptors (Lipinski definition) is 2. The van der Waals surface area contributed by atoms with Crippen LogP contribution < -0.4 is 0 Å². The Kier molecular flexibility index (Phi) is 4.73. The van der Waals surface area contributed by atoms with E-state index in [9.17, 15) is 9.18 Å². The lowest BCUT2D eigenvalue weighted by Crippen LogP contribution is -2.06. The Bertz CT molecular complexity index is 380. The molecule has 2 nitrogen and oxygen atoms in total. The van der Waals surface area contributed by atoms with Crippen molar-refractivity contribution in [3.05, 3.63) is 33.5 Å². The number of benzene rings is 1. The molecule has 0 aliphatic rings. The minimum Gasteiger partial charge on any atom is -0.462 e. The molecule has 1 aromatic rings. The van der Waals surface area contributed by atoms with Crippen LogP contribution in [0.3, 0.4) is 0 Å². The number of ether oxygens (including phenoxy) is 1. The molecular formula is C10H9Br2FO2. The summed E-state index contributed by atoms with van der Waals surface area (Å²) in [5, 5.41) is 0.403. The molecule has 0 spiro atoms. The summed E-state index contributed by atoms with van der Waals surface area (Å²) in [6.07, 6.45) is 0. The second-order valence-electron chi connectivity index (χ2n) is 2.78. The van der Waals surface area contributed by atoms with E-state index in [2.05, 4.69) is 31.9 Å². The van der Waals surface area contributed by atoms with Crippen LogP contribution in [-0.2, 0) is 10.1 Å². The molecule has 0 amide bonds. The van der Waals surface area contributed by atoms with Crippen LogP contribution in [-0.4, -0.2) is 12.6 Å². The average Bonchev–Trinajstić information content (AvgIpc) is 2.21. The van der Waals surface area contributed by atoms with E-state index in [0.29, 0.717) is 15.4 Å². The summed E-state index contributed by atoms with van der Waals surface area (Å²) < 4.78 is 18.7. The lowest BCUT2D eigenvalue weighted by atomic mass is 10.1. The molecule has 0 bridgehead atoms. The number of hydrogen-bond donors (Lipinski definition) is 0. The summed E-state index contributed by atoms with van der Waals surface area (Å²) in [5.74, 6) is -0.942. The van der Waals surface area contributed by atoms with Gasteiger partial charge in [0, 0.05) is 9.80 Å². The summed E-state index contributed by atoms with van der Waals surface area (Å²) in [6.45, 7) is 1.97. The molecule has 0 unspecified atom stereocenters. The van der Waals surface area contributed by atoms with Crippen LogP contribution in [0.15, 0.2) is 16.6 Å². The molecule has 0 aliphatic carbocycles. The Labute approximate surface area is 104 Å². The molecule has 0 aliphatic heterocycles. The lowest BCUT2D eigenvalue weighted by Gasteiger charge is -2.06. The van der Waals surface area contributed by atoms with Gasteiger partial charge in [-0.2, -0.15) is 0 Å². The van der Waals surface area contributed by atoms with Gasteiger partial charge < -0.3 is 4.74 Å². The van der Waals surface area contributed by atoms with Crippen LogP contribution in [0.1, 0.15) is 22.8 Å². The number of halogens is 3. The van der Waals surface area contributed by atoms with E-state index in [0.717, 1.165) is 0 Å². The smallest absolute Gasteiger partial charge is 0.339 e. The SMILES string of the molecule is CCOC(=O)c1cc(F)c(CBr)cc1Br. The fraction of sp³-hybridized carbons (Fsp3) is 0.300. The van der Waals surface area contributed by atoms with E-state index in [4.69, 9.17) is 4.74 Å². The Morgan fingerprint density at radius 1 is 1.53 bits per heavy atom. The van der Waals surface area contributed by atoms with Gasteiger partial charge in [-0.15, -0.1) is 0 Å². The molecule has 0 fully saturated rings. The highest BCUT2D eigenvalue weighted by Gasteiger charge is 2.14. The van der Waals surface area contributed by atoms with Crippen LogP contribution in [0.5, 0.6) is 0 Å². The molecule has 0 atom stereocenters. The summed E-state index contributed by atoms with van der Waals surface area (Å²) >= 11 is 6.36. The number of esters is 1. The van der Waals surface area contributed by atoms with Crippen LogP contribution in [0.25, 0.3) is 0 Å². The Morgan fingerprint density at radius 2 is 2.20 bits per heavy atom. The van der Waals surface area contributed by atoms with Crippen LogP contribution in [0.2, 0.25) is 0 Å². The van der Waals surface area contributed by atoms with E-state index in [1.807, 2.05) is 0 Å². The van der Waals surface area contributed by atoms with Gasteiger partial charge in [0.15, 0.2) is 0 Å². The van der Waals surface area contributed by atoms with Crippen molar-refractivity contribution in [3.63, 3.8) is 0 Å². The Balaban J connectivity index is 3.10. The van der Waals surface area contributed by atoms with Gasteiger partial charge in [0.1, 0.15) is 5.82 Å². The van der Waals surface area contributed by atoms with Gasteiger partial charge in [0.25, 0.3) is 0 Å². The number of rotatable bonds is 3. The quantitative estimate of drug-likeness (QED) is 0.620. The summed E-state index contributed by atoms with van der Waals surface area (Å²) in [4.78, 5) is 11.4. The van der Waals surface area contributed by atoms with Gasteiger partial charge in [0.05, 0.1) is 12.2 Å². The molecule has 82 valence electrons. The third-order valence-corrected chi connectivity index (χ3v) is 3.04. The van der Waals surface area contributed by atoms with Gasteiger partial charge in [0.2, 0.25) is 0 Å². The van der Waals surface area contributed by atoms with Gasteiger partial charge in [-0.3, -0.25) is 0 Å². The largest absolute Gasteiger partial charge is 0.462 e. The normalized spacial score (nSPS) is 10.1. The Hall–Kier alpha value is -0.420. The second kappa shape index (κ2) is 5.61. The maximum atomic E-state index is 13.4. The predicted molar refractivity (Wildman–Crippen MR) is 62.7 cm³/mol. The maximum absolute atomic E-state index is 13.4. The molecule has 1 rings (SSSR count). The topological polar surface area (TPSA) is 26.3 Å². The second-order valence-corrected chi connectivity index (χ2v) is 4.19. The van der Waals surface area contributed by atoms with Gasteiger partial charge in [-0.1, -0.05) is 15.9 Å². The van der Waals surface area contributed by atoms with Gasteiger partial charge in [-0.25, -0.2) is 9.18 Å². The first kappa shape index (κ1) is 12.6. The molecule has 0 saturated carbocycles. The Morgan fingerprint density at radius 3 is 2.73 bits per heavy atom. The van der Waals surface area contributed by atoms with E-state index < -0.39 is 11.8 Å². The molecule has 0 radical (unpaired) electrons. The molecule has 5 heteroatoms. The number of carbonyl (C=O) groups is 1. The molecule has 0 heterocycles. The molecule has 0 aromatic heterocycles. The van der Waals surface area contributed by atoms with Gasteiger partial charge >= 0.3 is 5.97 Å². The first-order chi connectivity index (χ1) is 7.10. The monoisotopic (exact) mass is 338 g/mol.